The molecule has 1 heterocycles. The Labute approximate surface area is 181 Å². The number of methoxy groups -OCH3 is 2. The van der Waals surface area contributed by atoms with Crippen LogP contribution in [0.15, 0.2) is 30.4 Å². The van der Waals surface area contributed by atoms with Crippen molar-refractivity contribution in [1.29, 1.82) is 0 Å². The van der Waals surface area contributed by atoms with Crippen LogP contribution in [-0.2, 0) is 16.0 Å². The Bertz CT molecular complexity index is 899. The molecule has 1 saturated carbocycles. The number of hydrogen-bond donors (Lipinski definition) is 2. The van der Waals surface area contributed by atoms with Crippen LogP contribution in [-0.4, -0.2) is 56.1 Å². The summed E-state index contributed by atoms with van der Waals surface area (Å²) in [4.78, 5) is 38.5. The number of rotatable bonds is 9. The molecule has 8 nitrogen and oxygen atoms in total. The summed E-state index contributed by atoms with van der Waals surface area (Å²) in [6, 6.07) is 4.22. The van der Waals surface area contributed by atoms with Gasteiger partial charge in [0.15, 0.2) is 11.5 Å². The first-order valence-electron chi connectivity index (χ1n) is 10.8. The number of fused-ring (bicyclic) bond motifs is 2. The summed E-state index contributed by atoms with van der Waals surface area (Å²) in [5.74, 6) is 2.35. The zero-order valence-electron chi connectivity index (χ0n) is 17.9. The fourth-order valence-corrected chi connectivity index (χ4v) is 4.84. The molecule has 1 aromatic rings. The minimum atomic E-state index is -0.808. The highest BCUT2D eigenvalue weighted by molar-refractivity contribution is 6.05. The quantitative estimate of drug-likeness (QED) is 0.463. The topological polar surface area (TPSA) is 97.0 Å². The zero-order chi connectivity index (χ0) is 22.0. The maximum atomic E-state index is 12.7. The van der Waals surface area contributed by atoms with E-state index >= 15 is 0 Å². The van der Waals surface area contributed by atoms with E-state index in [0.29, 0.717) is 42.2 Å². The number of imide groups is 1. The van der Waals surface area contributed by atoms with Crippen LogP contribution in [0, 0.1) is 17.8 Å². The number of benzene rings is 1. The fraction of sp³-hybridized carbons (Fsp3) is 0.522. The predicted molar refractivity (Wildman–Crippen MR) is 114 cm³/mol. The minimum Gasteiger partial charge on any atom is -0.493 e. The monoisotopic (exact) mass is 427 g/mol. The maximum Gasteiger partial charge on any atom is 0.324 e. The van der Waals surface area contributed by atoms with Crippen LogP contribution in [0.5, 0.6) is 11.5 Å². The Kier molecular flexibility index (Phi) is 6.15. The molecule has 1 aliphatic heterocycles. The van der Waals surface area contributed by atoms with E-state index in [9.17, 15) is 14.4 Å². The number of allylic oxidation sites excluding steroid dienone is 2. The highest BCUT2D eigenvalue weighted by Gasteiger charge is 2.39. The summed E-state index contributed by atoms with van der Waals surface area (Å²) in [7, 11) is 3.12. The van der Waals surface area contributed by atoms with E-state index in [2.05, 4.69) is 22.8 Å². The van der Waals surface area contributed by atoms with Gasteiger partial charge in [0, 0.05) is 13.1 Å². The van der Waals surface area contributed by atoms with E-state index < -0.39 is 12.1 Å². The van der Waals surface area contributed by atoms with E-state index in [-0.39, 0.29) is 24.8 Å². The number of nitrogens with zero attached hydrogens (tertiary/aromatic N) is 1. The number of carbonyl (C=O) groups is 3. The molecule has 0 radical (unpaired) electrons. The molecule has 1 aromatic carbocycles. The number of ether oxygens (including phenoxy) is 2. The van der Waals surface area contributed by atoms with Gasteiger partial charge in [-0.1, -0.05) is 18.2 Å². The number of amides is 4. The molecule has 2 fully saturated rings. The van der Waals surface area contributed by atoms with Gasteiger partial charge in [-0.2, -0.15) is 0 Å². The second kappa shape index (κ2) is 8.99. The highest BCUT2D eigenvalue weighted by atomic mass is 16.5. The third-order valence-electron chi connectivity index (χ3n) is 6.55. The standard InChI is InChI=1S/C23H29N3O5/c1-30-19-6-4-14(11-20(19)31-2)7-8-26-22(28)18(25-23(26)29)12-21(27)24-13-17-10-15-3-5-16(17)9-15/h3-6,11,15-18H,7-10,12-13H2,1-2H3,(H,24,27)(H,25,29)/t15-,16+,17-,18+/m1/s1. The Morgan fingerprint density at radius 2 is 1.97 bits per heavy atom. The predicted octanol–water partition coefficient (Wildman–Crippen LogP) is 1.89. The van der Waals surface area contributed by atoms with Gasteiger partial charge in [0.25, 0.3) is 5.91 Å². The third-order valence-corrected chi connectivity index (χ3v) is 6.55. The van der Waals surface area contributed by atoms with E-state index in [1.807, 2.05) is 12.1 Å². The van der Waals surface area contributed by atoms with E-state index in [1.165, 1.54) is 11.3 Å². The maximum absolute atomic E-state index is 12.7. The van der Waals surface area contributed by atoms with Crippen molar-refractivity contribution in [1.82, 2.24) is 15.5 Å². The van der Waals surface area contributed by atoms with Crippen LogP contribution >= 0.6 is 0 Å². The van der Waals surface area contributed by atoms with Gasteiger partial charge in [-0.15, -0.1) is 0 Å². The second-order valence-corrected chi connectivity index (χ2v) is 8.48. The lowest BCUT2D eigenvalue weighted by atomic mass is 9.93. The fourth-order valence-electron chi connectivity index (χ4n) is 4.84. The van der Waals surface area contributed by atoms with Gasteiger partial charge < -0.3 is 20.1 Å². The summed E-state index contributed by atoms with van der Waals surface area (Å²) < 4.78 is 10.5. The lowest BCUT2D eigenvalue weighted by molar-refractivity contribution is -0.130. The van der Waals surface area contributed by atoms with Crippen molar-refractivity contribution in [2.75, 3.05) is 27.3 Å². The van der Waals surface area contributed by atoms with Crippen LogP contribution in [0.25, 0.3) is 0 Å². The minimum absolute atomic E-state index is 0.0336. The van der Waals surface area contributed by atoms with Gasteiger partial charge in [0.1, 0.15) is 6.04 Å². The molecule has 2 aliphatic carbocycles. The van der Waals surface area contributed by atoms with Gasteiger partial charge in [-0.05, 0) is 54.7 Å². The van der Waals surface area contributed by atoms with E-state index in [1.54, 1.807) is 20.3 Å². The lowest BCUT2D eigenvalue weighted by Crippen LogP contribution is -2.38. The van der Waals surface area contributed by atoms with Crippen molar-refractivity contribution >= 4 is 17.8 Å². The molecule has 4 rings (SSSR count). The average molecular weight is 428 g/mol. The first kappa shape index (κ1) is 21.2. The Balaban J connectivity index is 1.26. The van der Waals surface area contributed by atoms with Crippen molar-refractivity contribution in [3.05, 3.63) is 35.9 Å². The van der Waals surface area contributed by atoms with Crippen LogP contribution in [0.2, 0.25) is 0 Å². The number of urea groups is 1. The van der Waals surface area contributed by atoms with Crippen LogP contribution in [0.3, 0.4) is 0 Å². The van der Waals surface area contributed by atoms with Gasteiger partial charge >= 0.3 is 6.03 Å². The van der Waals surface area contributed by atoms with Crippen molar-refractivity contribution in [2.45, 2.75) is 31.7 Å². The molecule has 0 unspecified atom stereocenters. The summed E-state index contributed by atoms with van der Waals surface area (Å²) in [5, 5.41) is 5.58. The Hall–Kier alpha value is -3.03. The molecule has 0 aromatic heterocycles. The molecule has 2 N–H and O–H groups in total. The summed E-state index contributed by atoms with van der Waals surface area (Å²) in [6.07, 6.45) is 7.27. The van der Waals surface area contributed by atoms with Crippen molar-refractivity contribution in [3.8, 4) is 11.5 Å². The third kappa shape index (κ3) is 4.52. The van der Waals surface area contributed by atoms with Crippen LogP contribution in [0.1, 0.15) is 24.8 Å². The Morgan fingerprint density at radius 3 is 2.65 bits per heavy atom. The number of hydrogen-bond acceptors (Lipinski definition) is 5. The molecule has 4 amide bonds. The van der Waals surface area contributed by atoms with Crippen LogP contribution in [0.4, 0.5) is 4.79 Å². The SMILES string of the molecule is COc1ccc(CCN2C(=O)N[C@@H](CC(=O)NC[C@H]3C[C@@H]4C=C[C@H]3C4)C2=O)cc1OC. The largest absolute Gasteiger partial charge is 0.493 e. The average Bonchev–Trinajstić information content (AvgIpc) is 3.46. The van der Waals surface area contributed by atoms with Gasteiger partial charge in [-0.25, -0.2) is 4.79 Å². The molecule has 0 spiro atoms. The first-order chi connectivity index (χ1) is 15.0. The summed E-state index contributed by atoms with van der Waals surface area (Å²) in [6.45, 7) is 0.859. The highest BCUT2D eigenvalue weighted by Crippen LogP contribution is 2.42. The molecular formula is C23H29N3O5. The zero-order valence-corrected chi connectivity index (χ0v) is 17.9. The smallest absolute Gasteiger partial charge is 0.324 e. The molecule has 1 saturated heterocycles. The number of carbonyl (C=O) groups excluding carboxylic acids is 3. The first-order valence-corrected chi connectivity index (χ1v) is 10.8. The van der Waals surface area contributed by atoms with Gasteiger partial charge in [-0.3, -0.25) is 14.5 Å². The van der Waals surface area contributed by atoms with Gasteiger partial charge in [0.2, 0.25) is 5.91 Å². The molecule has 31 heavy (non-hydrogen) atoms. The van der Waals surface area contributed by atoms with Gasteiger partial charge in [0.05, 0.1) is 20.6 Å². The van der Waals surface area contributed by atoms with Crippen molar-refractivity contribution in [3.63, 3.8) is 0 Å². The summed E-state index contributed by atoms with van der Waals surface area (Å²) >= 11 is 0. The molecule has 4 atom stereocenters. The molecule has 8 heteroatoms. The van der Waals surface area contributed by atoms with E-state index in [4.69, 9.17) is 9.47 Å². The van der Waals surface area contributed by atoms with Crippen molar-refractivity contribution in [2.24, 2.45) is 17.8 Å². The summed E-state index contributed by atoms with van der Waals surface area (Å²) in [5.41, 5.74) is 0.916. The van der Waals surface area contributed by atoms with E-state index in [0.717, 1.165) is 12.0 Å². The van der Waals surface area contributed by atoms with Crippen LogP contribution < -0.4 is 20.1 Å². The lowest BCUT2D eigenvalue weighted by Gasteiger charge is -2.19. The molecule has 3 aliphatic rings. The normalized spacial score (nSPS) is 26.3. The number of nitrogens with one attached hydrogen (secondary N) is 2. The Morgan fingerprint density at radius 1 is 1.16 bits per heavy atom. The second-order valence-electron chi connectivity index (χ2n) is 8.48. The van der Waals surface area contributed by atoms with Crippen molar-refractivity contribution < 1.29 is 23.9 Å². The molecular weight excluding hydrogens is 398 g/mol. The molecule has 166 valence electrons. The molecule has 2 bridgehead atoms.